The zero-order valence-electron chi connectivity index (χ0n) is 16.4. The predicted molar refractivity (Wildman–Crippen MR) is 109 cm³/mol. The van der Waals surface area contributed by atoms with E-state index in [9.17, 15) is 9.59 Å². The Hall–Kier alpha value is -2.62. The molecule has 142 valence electrons. The summed E-state index contributed by atoms with van der Waals surface area (Å²) >= 11 is 0. The second kappa shape index (κ2) is 7.95. The van der Waals surface area contributed by atoms with E-state index in [2.05, 4.69) is 17.4 Å². The SMILES string of the molecule is CC(C)(C)NC(=O)N1CCCC(C(=O)c2ccc(-c3ccccc3)cc2)C1. The Balaban J connectivity index is 1.67. The van der Waals surface area contributed by atoms with Gasteiger partial charge in [0.05, 0.1) is 0 Å². The third-order valence-corrected chi connectivity index (χ3v) is 4.84. The number of hydrogen-bond acceptors (Lipinski definition) is 2. The van der Waals surface area contributed by atoms with Crippen LogP contribution in [0.4, 0.5) is 4.79 Å². The standard InChI is InChI=1S/C23H28N2O2/c1-23(2,3)24-22(27)25-15-7-10-20(16-25)21(26)19-13-11-18(12-14-19)17-8-5-4-6-9-17/h4-6,8-9,11-14,20H,7,10,15-16H2,1-3H3,(H,24,27). The first-order valence-electron chi connectivity index (χ1n) is 9.60. The van der Waals surface area contributed by atoms with Gasteiger partial charge in [-0.1, -0.05) is 54.6 Å². The molecule has 2 aromatic rings. The first kappa shape index (κ1) is 19.2. The van der Waals surface area contributed by atoms with E-state index in [1.54, 1.807) is 4.90 Å². The van der Waals surface area contributed by atoms with Crippen molar-refractivity contribution in [3.8, 4) is 11.1 Å². The van der Waals surface area contributed by atoms with Crippen LogP contribution in [-0.2, 0) is 0 Å². The molecular weight excluding hydrogens is 336 g/mol. The third-order valence-electron chi connectivity index (χ3n) is 4.84. The smallest absolute Gasteiger partial charge is 0.317 e. The Labute approximate surface area is 161 Å². The van der Waals surface area contributed by atoms with Gasteiger partial charge in [0.1, 0.15) is 0 Å². The summed E-state index contributed by atoms with van der Waals surface area (Å²) in [5.41, 5.74) is 2.68. The van der Waals surface area contributed by atoms with Crippen LogP contribution in [0.3, 0.4) is 0 Å². The third kappa shape index (κ3) is 4.97. The van der Waals surface area contributed by atoms with Crippen molar-refractivity contribution in [3.05, 3.63) is 60.2 Å². The fourth-order valence-electron chi connectivity index (χ4n) is 3.47. The van der Waals surface area contributed by atoms with Gasteiger partial charge in [-0.3, -0.25) is 4.79 Å². The van der Waals surface area contributed by atoms with Crippen LogP contribution in [0.15, 0.2) is 54.6 Å². The highest BCUT2D eigenvalue weighted by atomic mass is 16.2. The fourth-order valence-corrected chi connectivity index (χ4v) is 3.47. The lowest BCUT2D eigenvalue weighted by atomic mass is 9.89. The molecule has 0 bridgehead atoms. The summed E-state index contributed by atoms with van der Waals surface area (Å²) in [7, 11) is 0. The van der Waals surface area contributed by atoms with Gasteiger partial charge < -0.3 is 10.2 Å². The lowest BCUT2D eigenvalue weighted by Gasteiger charge is -2.34. The van der Waals surface area contributed by atoms with Crippen LogP contribution in [0, 0.1) is 5.92 Å². The summed E-state index contributed by atoms with van der Waals surface area (Å²) in [6, 6.07) is 17.8. The Morgan fingerprint density at radius 3 is 2.22 bits per heavy atom. The minimum Gasteiger partial charge on any atom is -0.333 e. The molecule has 1 heterocycles. The fraction of sp³-hybridized carbons (Fsp3) is 0.391. The number of Topliss-reactive ketones (excluding diaryl/α,β-unsaturated/α-hetero) is 1. The van der Waals surface area contributed by atoms with Crippen molar-refractivity contribution in [2.24, 2.45) is 5.92 Å². The molecule has 3 rings (SSSR count). The molecule has 1 saturated heterocycles. The van der Waals surface area contributed by atoms with E-state index in [4.69, 9.17) is 0 Å². The minimum absolute atomic E-state index is 0.0839. The predicted octanol–water partition coefficient (Wildman–Crippen LogP) is 4.76. The maximum Gasteiger partial charge on any atom is 0.317 e. The van der Waals surface area contributed by atoms with Crippen molar-refractivity contribution >= 4 is 11.8 Å². The summed E-state index contributed by atoms with van der Waals surface area (Å²) in [4.78, 5) is 27.1. The number of ketones is 1. The monoisotopic (exact) mass is 364 g/mol. The number of amides is 2. The van der Waals surface area contributed by atoms with Crippen molar-refractivity contribution in [3.63, 3.8) is 0 Å². The number of likely N-dealkylation sites (tertiary alicyclic amines) is 1. The number of carbonyl (C=O) groups excluding carboxylic acids is 2. The van der Waals surface area contributed by atoms with Crippen LogP contribution < -0.4 is 5.32 Å². The van der Waals surface area contributed by atoms with Crippen molar-refractivity contribution in [1.82, 2.24) is 10.2 Å². The van der Waals surface area contributed by atoms with Gasteiger partial charge in [0.2, 0.25) is 0 Å². The van der Waals surface area contributed by atoms with E-state index in [0.29, 0.717) is 13.1 Å². The average Bonchev–Trinajstić information content (AvgIpc) is 2.67. The molecule has 0 aliphatic carbocycles. The minimum atomic E-state index is -0.276. The number of piperidine rings is 1. The van der Waals surface area contributed by atoms with Gasteiger partial charge >= 0.3 is 6.03 Å². The lowest BCUT2D eigenvalue weighted by Crippen LogP contribution is -2.52. The zero-order chi connectivity index (χ0) is 19.4. The molecule has 1 unspecified atom stereocenters. The molecule has 1 fully saturated rings. The molecule has 0 aromatic heterocycles. The number of carbonyl (C=O) groups is 2. The maximum atomic E-state index is 12.9. The quantitative estimate of drug-likeness (QED) is 0.799. The van der Waals surface area contributed by atoms with Crippen LogP contribution >= 0.6 is 0 Å². The Bertz CT molecular complexity index is 791. The molecule has 1 atom stereocenters. The van der Waals surface area contributed by atoms with Crippen LogP contribution in [0.2, 0.25) is 0 Å². The van der Waals surface area contributed by atoms with Crippen molar-refractivity contribution in [2.45, 2.75) is 39.2 Å². The van der Waals surface area contributed by atoms with Gasteiger partial charge in [-0.2, -0.15) is 0 Å². The van der Waals surface area contributed by atoms with Gasteiger partial charge in [-0.25, -0.2) is 4.79 Å². The number of nitrogens with zero attached hydrogens (tertiary/aromatic N) is 1. The highest BCUT2D eigenvalue weighted by molar-refractivity contribution is 5.98. The lowest BCUT2D eigenvalue weighted by molar-refractivity contribution is 0.0843. The number of hydrogen-bond donors (Lipinski definition) is 1. The topological polar surface area (TPSA) is 49.4 Å². The number of benzene rings is 2. The molecular formula is C23H28N2O2. The van der Waals surface area contributed by atoms with E-state index in [1.165, 1.54) is 0 Å². The van der Waals surface area contributed by atoms with Crippen LogP contribution in [0.5, 0.6) is 0 Å². The zero-order valence-corrected chi connectivity index (χ0v) is 16.4. The molecule has 2 aromatic carbocycles. The van der Waals surface area contributed by atoms with Crippen LogP contribution in [-0.4, -0.2) is 35.3 Å². The molecule has 0 saturated carbocycles. The Morgan fingerprint density at radius 1 is 0.963 bits per heavy atom. The molecule has 1 aliphatic rings. The van der Waals surface area contributed by atoms with E-state index in [-0.39, 0.29) is 23.3 Å². The largest absolute Gasteiger partial charge is 0.333 e. The highest BCUT2D eigenvalue weighted by Crippen LogP contribution is 2.24. The Kier molecular flexibility index (Phi) is 5.64. The molecule has 27 heavy (non-hydrogen) atoms. The highest BCUT2D eigenvalue weighted by Gasteiger charge is 2.30. The summed E-state index contributed by atoms with van der Waals surface area (Å²) < 4.78 is 0. The van der Waals surface area contributed by atoms with E-state index in [0.717, 1.165) is 29.5 Å². The van der Waals surface area contributed by atoms with Crippen LogP contribution in [0.25, 0.3) is 11.1 Å². The van der Waals surface area contributed by atoms with Gasteiger partial charge in [0, 0.05) is 30.1 Å². The molecule has 4 heteroatoms. The summed E-state index contributed by atoms with van der Waals surface area (Å²) in [6.07, 6.45) is 1.69. The molecule has 2 amide bonds. The molecule has 1 aliphatic heterocycles. The maximum absolute atomic E-state index is 12.9. The van der Waals surface area contributed by atoms with E-state index in [1.807, 2.05) is 63.2 Å². The van der Waals surface area contributed by atoms with E-state index >= 15 is 0 Å². The second-order valence-electron chi connectivity index (χ2n) is 8.27. The van der Waals surface area contributed by atoms with Crippen molar-refractivity contribution in [1.29, 1.82) is 0 Å². The average molecular weight is 364 g/mol. The molecule has 0 radical (unpaired) electrons. The van der Waals surface area contributed by atoms with Crippen molar-refractivity contribution < 1.29 is 9.59 Å². The number of rotatable bonds is 3. The molecule has 1 N–H and O–H groups in total. The van der Waals surface area contributed by atoms with Gasteiger partial charge in [-0.15, -0.1) is 0 Å². The van der Waals surface area contributed by atoms with E-state index < -0.39 is 0 Å². The number of nitrogens with one attached hydrogen (secondary N) is 1. The molecule has 0 spiro atoms. The first-order chi connectivity index (χ1) is 12.8. The summed E-state index contributed by atoms with van der Waals surface area (Å²) in [5.74, 6) is -0.00471. The Morgan fingerprint density at radius 2 is 1.59 bits per heavy atom. The summed E-state index contributed by atoms with van der Waals surface area (Å²) in [6.45, 7) is 7.09. The van der Waals surface area contributed by atoms with Crippen LogP contribution in [0.1, 0.15) is 44.0 Å². The molecule has 4 nitrogen and oxygen atoms in total. The normalized spacial score (nSPS) is 17.4. The first-order valence-corrected chi connectivity index (χ1v) is 9.60. The van der Waals surface area contributed by atoms with Gasteiger partial charge in [-0.05, 0) is 44.7 Å². The summed E-state index contributed by atoms with van der Waals surface area (Å²) in [5, 5.41) is 2.99. The van der Waals surface area contributed by atoms with Crippen molar-refractivity contribution in [2.75, 3.05) is 13.1 Å². The van der Waals surface area contributed by atoms with Gasteiger partial charge in [0.25, 0.3) is 0 Å². The number of urea groups is 1. The van der Waals surface area contributed by atoms with Gasteiger partial charge in [0.15, 0.2) is 5.78 Å². The second-order valence-corrected chi connectivity index (χ2v) is 8.27.